The van der Waals surface area contributed by atoms with E-state index in [0.29, 0.717) is 8.96 Å². The Labute approximate surface area is 48.0 Å². The maximum absolute atomic E-state index is 5.33. The van der Waals surface area contributed by atoms with Crippen molar-refractivity contribution in [2.75, 3.05) is 0 Å². The molecule has 0 aromatic rings. The number of hydrogen-bond acceptors (Lipinski definition) is 0. The van der Waals surface area contributed by atoms with Gasteiger partial charge in [0.15, 0.2) is 0 Å². The zero-order chi connectivity index (χ0) is 5.70. The van der Waals surface area contributed by atoms with Gasteiger partial charge in [0.1, 0.15) is 0 Å². The van der Waals surface area contributed by atoms with E-state index in [1.54, 1.807) is 0 Å². The lowest BCUT2D eigenvalue weighted by atomic mass is 10.2. The molecule has 40 valence electrons. The Morgan fingerprint density at radius 2 is 2.29 bits per heavy atom. The monoisotopic (exact) mass is 112 g/mol. The van der Waals surface area contributed by atoms with Crippen molar-refractivity contribution in [3.05, 3.63) is 0 Å². The van der Waals surface area contributed by atoms with Crippen molar-refractivity contribution < 1.29 is 0 Å². The first kappa shape index (κ1) is 7.00. The molecular weight excluding hydrogens is 100 g/mol. The molecule has 0 aromatic carbocycles. The van der Waals surface area contributed by atoms with E-state index in [1.165, 1.54) is 12.5 Å². The minimum Gasteiger partial charge on any atom is -0.158 e. The first-order valence-electron chi connectivity index (χ1n) is 2.74. The first-order chi connectivity index (χ1) is 3.31. The zero-order valence-electron chi connectivity index (χ0n) is 5.07. The maximum Gasteiger partial charge on any atom is -0.0116 e. The van der Waals surface area contributed by atoms with Crippen LogP contribution in [-0.2, 0) is 0 Å². The van der Waals surface area contributed by atoms with Crippen LogP contribution in [0.1, 0.15) is 20.3 Å². The highest BCUT2D eigenvalue weighted by atomic mass is 28.2. The predicted octanol–water partition coefficient (Wildman–Crippen LogP) is 1.74. The second kappa shape index (κ2) is 4.16. The molecule has 0 nitrogen and oxygen atoms in total. The molecule has 0 aliphatic heterocycles. The van der Waals surface area contributed by atoms with E-state index in [0.717, 1.165) is 5.92 Å². The van der Waals surface area contributed by atoms with Crippen LogP contribution in [-0.4, -0.2) is 8.96 Å². The molecule has 0 radical (unpaired) electrons. The molecule has 0 bridgehead atoms. The molecule has 1 heteroatoms. The van der Waals surface area contributed by atoms with E-state index in [1.807, 2.05) is 0 Å². The largest absolute Gasteiger partial charge is 0.158 e. The highest BCUT2D eigenvalue weighted by molar-refractivity contribution is 6.21. The summed E-state index contributed by atoms with van der Waals surface area (Å²) in [5.74, 6) is 0.836. The Hall–Kier alpha value is -0.00312. The summed E-state index contributed by atoms with van der Waals surface area (Å²) in [7, 11) is 0.645. The van der Waals surface area contributed by atoms with Gasteiger partial charge in [0.05, 0.1) is 0 Å². The van der Waals surface area contributed by atoms with Crippen LogP contribution in [0.5, 0.6) is 0 Å². The average Bonchev–Trinajstić information content (AvgIpc) is 1.68. The van der Waals surface area contributed by atoms with Crippen molar-refractivity contribution in [1.29, 1.82) is 0 Å². The predicted molar refractivity (Wildman–Crippen MR) is 35.0 cm³/mol. The molecule has 0 aliphatic rings. The van der Waals surface area contributed by atoms with E-state index in [4.69, 9.17) is 6.00 Å². The molecule has 0 spiro atoms. The van der Waals surface area contributed by atoms with E-state index in [-0.39, 0.29) is 0 Å². The van der Waals surface area contributed by atoms with Gasteiger partial charge in [0, 0.05) is 0 Å². The van der Waals surface area contributed by atoms with Crippen LogP contribution in [0.3, 0.4) is 0 Å². The molecule has 0 amide bonds. The Bertz CT molecular complexity index is 70.7. The molecule has 7 heavy (non-hydrogen) atoms. The van der Waals surface area contributed by atoms with Crippen LogP contribution in [0, 0.1) is 11.9 Å². The quantitative estimate of drug-likeness (QED) is 0.477. The van der Waals surface area contributed by atoms with Gasteiger partial charge in [-0.2, -0.15) is 6.00 Å². The van der Waals surface area contributed by atoms with Gasteiger partial charge in [0.2, 0.25) is 0 Å². The molecule has 0 heterocycles. The molecule has 0 aliphatic carbocycles. The minimum absolute atomic E-state index is 0.645. The summed E-state index contributed by atoms with van der Waals surface area (Å²) in [5.41, 5.74) is 0. The lowest BCUT2D eigenvalue weighted by Crippen LogP contribution is -1.88. The third-order valence-electron chi connectivity index (χ3n) is 1.16. The fraction of sp³-hybridized carbons (Fsp3) is 0.833. The van der Waals surface area contributed by atoms with Gasteiger partial charge in [-0.05, 0) is 20.9 Å². The Balaban J connectivity index is 3.03. The summed E-state index contributed by atoms with van der Waals surface area (Å²) in [6.07, 6.45) is 1.27. The fourth-order valence-corrected chi connectivity index (χ4v) is 1.04. The molecule has 1 unspecified atom stereocenters. The lowest BCUT2D eigenvalue weighted by Gasteiger charge is -1.98. The van der Waals surface area contributed by atoms with Crippen LogP contribution >= 0.6 is 0 Å². The summed E-state index contributed by atoms with van der Waals surface area (Å²) >= 11 is 0. The van der Waals surface area contributed by atoms with Crippen molar-refractivity contribution in [2.24, 2.45) is 5.92 Å². The molecule has 1 atom stereocenters. The third-order valence-corrected chi connectivity index (χ3v) is 2.10. The lowest BCUT2D eigenvalue weighted by molar-refractivity contribution is 0.625. The van der Waals surface area contributed by atoms with E-state index < -0.39 is 0 Å². The fourth-order valence-electron chi connectivity index (χ4n) is 0.346. The minimum atomic E-state index is 0.645. The van der Waals surface area contributed by atoms with Crippen LogP contribution < -0.4 is 0 Å². The topological polar surface area (TPSA) is 0 Å². The van der Waals surface area contributed by atoms with Crippen molar-refractivity contribution in [3.63, 3.8) is 0 Å². The summed E-state index contributed by atoms with van der Waals surface area (Å²) < 4.78 is 0. The smallest absolute Gasteiger partial charge is 0.0116 e. The van der Waals surface area contributed by atoms with Crippen molar-refractivity contribution in [1.82, 2.24) is 0 Å². The highest BCUT2D eigenvalue weighted by Gasteiger charge is 1.91. The van der Waals surface area contributed by atoms with Crippen LogP contribution in [0.2, 0.25) is 6.04 Å². The number of hydrogen-bond donors (Lipinski definition) is 0. The first-order valence-corrected chi connectivity index (χ1v) is 4.03. The summed E-state index contributed by atoms with van der Waals surface area (Å²) in [6, 6.07) is 6.54. The number of rotatable bonds is 2. The van der Waals surface area contributed by atoms with Gasteiger partial charge in [-0.25, -0.2) is 0 Å². The average molecular weight is 112 g/mol. The second-order valence-electron chi connectivity index (χ2n) is 1.92. The SMILES string of the molecule is C#[Si]CC(C)CC. The summed E-state index contributed by atoms with van der Waals surface area (Å²) in [6.45, 7) is 4.44. The van der Waals surface area contributed by atoms with Crippen LogP contribution in [0.15, 0.2) is 0 Å². The van der Waals surface area contributed by atoms with Crippen molar-refractivity contribution >= 4 is 8.96 Å². The molecule has 0 saturated heterocycles. The highest BCUT2D eigenvalue weighted by Crippen LogP contribution is 2.02. The summed E-state index contributed by atoms with van der Waals surface area (Å²) in [5, 5.41) is 0. The van der Waals surface area contributed by atoms with Gasteiger partial charge in [-0.15, -0.1) is 0 Å². The van der Waals surface area contributed by atoms with Gasteiger partial charge < -0.3 is 0 Å². The van der Waals surface area contributed by atoms with Gasteiger partial charge in [0.25, 0.3) is 0 Å². The van der Waals surface area contributed by atoms with E-state index >= 15 is 0 Å². The molecule has 0 fully saturated rings. The molecule has 0 saturated carbocycles. The van der Waals surface area contributed by atoms with Crippen molar-refractivity contribution in [2.45, 2.75) is 26.3 Å². The molecule has 0 rings (SSSR count). The van der Waals surface area contributed by atoms with Crippen LogP contribution in [0.25, 0.3) is 0 Å². The van der Waals surface area contributed by atoms with E-state index in [9.17, 15) is 0 Å². The van der Waals surface area contributed by atoms with Gasteiger partial charge >= 0.3 is 0 Å². The third kappa shape index (κ3) is 3.84. The zero-order valence-corrected chi connectivity index (χ0v) is 6.07. The van der Waals surface area contributed by atoms with Crippen LogP contribution in [0.4, 0.5) is 0 Å². The Morgan fingerprint density at radius 3 is 2.43 bits per heavy atom. The standard InChI is InChI=1S/C6H12Si/c1-4-6(2)5-7-3/h3,6H,4-5H2,1-2H3. The molecule has 0 N–H and O–H groups in total. The Kier molecular flexibility index (Phi) is 4.16. The molecular formula is C6H12Si. The maximum atomic E-state index is 5.33. The van der Waals surface area contributed by atoms with Gasteiger partial charge in [-0.3, -0.25) is 0 Å². The Morgan fingerprint density at radius 1 is 1.71 bits per heavy atom. The molecule has 0 aromatic heterocycles. The normalized spacial score (nSPS) is 12.7. The van der Waals surface area contributed by atoms with Gasteiger partial charge in [-0.1, -0.05) is 20.3 Å². The second-order valence-corrected chi connectivity index (χ2v) is 2.74. The van der Waals surface area contributed by atoms with Crippen molar-refractivity contribution in [3.8, 4) is 6.00 Å². The summed E-state index contributed by atoms with van der Waals surface area (Å²) in [4.78, 5) is 0. The van der Waals surface area contributed by atoms with E-state index in [2.05, 4.69) is 13.8 Å².